The molecule has 1 rings (SSSR count). The molecule has 0 saturated carbocycles. The van der Waals surface area contributed by atoms with Crippen molar-refractivity contribution in [3.8, 4) is 0 Å². The number of esters is 1. The van der Waals surface area contributed by atoms with Gasteiger partial charge < -0.3 is 4.74 Å². The number of hydrogen-bond acceptors (Lipinski definition) is 2. The lowest BCUT2D eigenvalue weighted by molar-refractivity contribution is -0.148. The van der Waals surface area contributed by atoms with Gasteiger partial charge in [0.2, 0.25) is 0 Å². The Morgan fingerprint density at radius 1 is 1.60 bits per heavy atom. The minimum absolute atomic E-state index is 0.0185. The number of hydrogen-bond donors (Lipinski definition) is 0. The summed E-state index contributed by atoms with van der Waals surface area (Å²) in [6.45, 7) is 5.69. The molecule has 1 saturated heterocycles. The lowest BCUT2D eigenvalue weighted by Gasteiger charge is -2.20. The van der Waals surface area contributed by atoms with Crippen molar-refractivity contribution in [3.63, 3.8) is 0 Å². The van der Waals surface area contributed by atoms with Crippen LogP contribution in [0.5, 0.6) is 0 Å². The lowest BCUT2D eigenvalue weighted by Crippen LogP contribution is -2.29. The molecule has 0 N–H and O–H groups in total. The molecule has 58 valence electrons. The zero-order valence-corrected chi connectivity index (χ0v) is 7.94. The van der Waals surface area contributed by atoms with Crippen molar-refractivity contribution in [2.75, 3.05) is 0 Å². The quantitative estimate of drug-likeness (QED) is 0.446. The highest BCUT2D eigenvalue weighted by atomic mass is 79.9. The summed E-state index contributed by atoms with van der Waals surface area (Å²) in [4.78, 5) is 11.1. The summed E-state index contributed by atoms with van der Waals surface area (Å²) in [5.41, 5.74) is -0.337. The minimum Gasteiger partial charge on any atom is -0.458 e. The average Bonchev–Trinajstić information content (AvgIpc) is 1.95. The highest BCUT2D eigenvalue weighted by Gasteiger charge is 2.45. The van der Waals surface area contributed by atoms with E-state index >= 15 is 0 Å². The maximum absolute atomic E-state index is 10.9. The first-order valence-electron chi connectivity index (χ1n) is 3.32. The molecule has 1 aliphatic heterocycles. The van der Waals surface area contributed by atoms with Crippen LogP contribution in [-0.2, 0) is 9.53 Å². The Balaban J connectivity index is 2.81. The third-order valence-corrected chi connectivity index (χ3v) is 3.73. The molecule has 0 aliphatic carbocycles. The highest BCUT2D eigenvalue weighted by molar-refractivity contribution is 9.09. The predicted octanol–water partition coefficient (Wildman–Crippen LogP) is 1.72. The fraction of sp³-hybridized carbons (Fsp3) is 0.857. The smallest absolute Gasteiger partial charge is 0.310 e. The largest absolute Gasteiger partial charge is 0.458 e. The number of alkyl halides is 1. The van der Waals surface area contributed by atoms with Crippen molar-refractivity contribution in [3.05, 3.63) is 0 Å². The van der Waals surface area contributed by atoms with Crippen LogP contribution in [0.1, 0.15) is 20.8 Å². The topological polar surface area (TPSA) is 26.3 Å². The summed E-state index contributed by atoms with van der Waals surface area (Å²) in [7, 11) is 0. The molecule has 0 spiro atoms. The van der Waals surface area contributed by atoms with Gasteiger partial charge in [-0.1, -0.05) is 22.9 Å². The van der Waals surface area contributed by atoms with Gasteiger partial charge in [-0.25, -0.2) is 0 Å². The van der Waals surface area contributed by atoms with Gasteiger partial charge in [0.25, 0.3) is 0 Å². The fourth-order valence-electron chi connectivity index (χ4n) is 1.13. The van der Waals surface area contributed by atoms with Crippen LogP contribution >= 0.6 is 15.9 Å². The first-order chi connectivity index (χ1) is 4.45. The Bertz CT molecular complexity index is 165. The van der Waals surface area contributed by atoms with Gasteiger partial charge in [-0.05, 0) is 13.8 Å². The van der Waals surface area contributed by atoms with Crippen LogP contribution in [-0.4, -0.2) is 16.4 Å². The van der Waals surface area contributed by atoms with Crippen molar-refractivity contribution in [2.45, 2.75) is 31.2 Å². The molecule has 1 heterocycles. The molecule has 1 aliphatic rings. The third-order valence-electron chi connectivity index (χ3n) is 1.84. The van der Waals surface area contributed by atoms with Crippen molar-refractivity contribution in [2.24, 2.45) is 5.92 Å². The SMILES string of the molecule is C[C@@H]1C(=O)OC(C)(C)[C@H]1Br. The predicted molar refractivity (Wildman–Crippen MR) is 42.1 cm³/mol. The molecule has 10 heavy (non-hydrogen) atoms. The molecule has 0 aromatic rings. The van der Waals surface area contributed by atoms with Crippen molar-refractivity contribution < 1.29 is 9.53 Å². The first-order valence-corrected chi connectivity index (χ1v) is 4.23. The molecular formula is C7H11BrO2. The van der Waals surface area contributed by atoms with E-state index in [-0.39, 0.29) is 22.3 Å². The van der Waals surface area contributed by atoms with E-state index in [1.54, 1.807) is 0 Å². The number of carbonyl (C=O) groups excluding carboxylic acids is 1. The molecule has 0 radical (unpaired) electrons. The van der Waals surface area contributed by atoms with Gasteiger partial charge in [0, 0.05) is 0 Å². The Morgan fingerprint density at radius 3 is 2.20 bits per heavy atom. The maximum Gasteiger partial charge on any atom is 0.310 e. The highest BCUT2D eigenvalue weighted by Crippen LogP contribution is 2.35. The molecule has 0 amide bonds. The number of halogens is 1. The van der Waals surface area contributed by atoms with Crippen molar-refractivity contribution in [1.29, 1.82) is 0 Å². The summed E-state index contributed by atoms with van der Waals surface area (Å²) in [5, 5.41) is 0. The van der Waals surface area contributed by atoms with Gasteiger partial charge in [0.05, 0.1) is 10.7 Å². The summed E-state index contributed by atoms with van der Waals surface area (Å²) in [6, 6.07) is 0. The summed E-state index contributed by atoms with van der Waals surface area (Å²) in [5.74, 6) is -0.123. The number of cyclic esters (lactones) is 1. The van der Waals surface area contributed by atoms with Crippen LogP contribution in [0, 0.1) is 5.92 Å². The second-order valence-corrected chi connectivity index (χ2v) is 4.20. The van der Waals surface area contributed by atoms with Crippen LogP contribution in [0.2, 0.25) is 0 Å². The third kappa shape index (κ3) is 1.07. The zero-order valence-electron chi connectivity index (χ0n) is 6.35. The fourth-order valence-corrected chi connectivity index (χ4v) is 1.44. The van der Waals surface area contributed by atoms with E-state index in [1.165, 1.54) is 0 Å². The number of carbonyl (C=O) groups is 1. The number of ether oxygens (including phenoxy) is 1. The molecule has 2 nitrogen and oxygen atoms in total. The van der Waals surface area contributed by atoms with Crippen LogP contribution in [0.15, 0.2) is 0 Å². The van der Waals surface area contributed by atoms with Gasteiger partial charge >= 0.3 is 5.97 Å². The molecule has 3 heteroatoms. The Hall–Kier alpha value is -0.0500. The molecule has 2 atom stereocenters. The van der Waals surface area contributed by atoms with E-state index in [1.807, 2.05) is 20.8 Å². The van der Waals surface area contributed by atoms with Crippen LogP contribution in [0.3, 0.4) is 0 Å². The second-order valence-electron chi connectivity index (χ2n) is 3.21. The van der Waals surface area contributed by atoms with Gasteiger partial charge in [-0.3, -0.25) is 4.79 Å². The van der Waals surface area contributed by atoms with Crippen molar-refractivity contribution in [1.82, 2.24) is 0 Å². The standard InChI is InChI=1S/C7H11BrO2/c1-4-5(8)7(2,3)10-6(4)9/h4-5H,1-3H3/t4-,5-/m0/s1. The van der Waals surface area contributed by atoms with Crippen molar-refractivity contribution >= 4 is 21.9 Å². The molecule has 0 aromatic heterocycles. The van der Waals surface area contributed by atoms with E-state index in [9.17, 15) is 4.79 Å². The minimum atomic E-state index is -0.337. The molecule has 0 bridgehead atoms. The zero-order chi connectivity index (χ0) is 7.94. The second kappa shape index (κ2) is 2.22. The van der Waals surface area contributed by atoms with E-state index in [0.717, 1.165) is 0 Å². The van der Waals surface area contributed by atoms with Gasteiger partial charge in [-0.2, -0.15) is 0 Å². The average molecular weight is 207 g/mol. The van der Waals surface area contributed by atoms with Crippen LogP contribution in [0.25, 0.3) is 0 Å². The van der Waals surface area contributed by atoms with Gasteiger partial charge in [0.15, 0.2) is 0 Å². The van der Waals surface area contributed by atoms with E-state index in [0.29, 0.717) is 0 Å². The normalized spacial score (nSPS) is 37.8. The van der Waals surface area contributed by atoms with E-state index < -0.39 is 0 Å². The summed E-state index contributed by atoms with van der Waals surface area (Å²) in [6.07, 6.45) is 0. The van der Waals surface area contributed by atoms with Gasteiger partial charge in [0.1, 0.15) is 5.60 Å². The monoisotopic (exact) mass is 206 g/mol. The molecule has 1 fully saturated rings. The summed E-state index contributed by atoms with van der Waals surface area (Å²) >= 11 is 3.42. The molecule has 0 aromatic carbocycles. The number of rotatable bonds is 0. The lowest BCUT2D eigenvalue weighted by atomic mass is 9.99. The van der Waals surface area contributed by atoms with Crippen LogP contribution in [0.4, 0.5) is 0 Å². The first kappa shape index (κ1) is 8.05. The summed E-state index contributed by atoms with van der Waals surface area (Å²) < 4.78 is 5.09. The van der Waals surface area contributed by atoms with Crippen LogP contribution < -0.4 is 0 Å². The van der Waals surface area contributed by atoms with Gasteiger partial charge in [-0.15, -0.1) is 0 Å². The Labute approximate surface area is 69.1 Å². The molecular weight excluding hydrogens is 196 g/mol. The van der Waals surface area contributed by atoms with E-state index in [2.05, 4.69) is 15.9 Å². The maximum atomic E-state index is 10.9. The van der Waals surface area contributed by atoms with E-state index in [4.69, 9.17) is 4.74 Å². The molecule has 0 unspecified atom stereocenters. The Kier molecular flexibility index (Phi) is 1.79. The Morgan fingerprint density at radius 2 is 2.10 bits per heavy atom.